The second kappa shape index (κ2) is 4.00. The number of piperidine rings is 1. The average molecular weight is 231 g/mol. The zero-order valence-corrected chi connectivity index (χ0v) is 10.0. The lowest BCUT2D eigenvalue weighted by Crippen LogP contribution is -2.43. The molecule has 1 fully saturated rings. The van der Waals surface area contributed by atoms with Gasteiger partial charge in [-0.2, -0.15) is 9.61 Å². The highest BCUT2D eigenvalue weighted by Crippen LogP contribution is 2.21. The highest BCUT2D eigenvalue weighted by Gasteiger charge is 2.19. The normalized spacial score (nSPS) is 21.1. The van der Waals surface area contributed by atoms with Gasteiger partial charge in [-0.25, -0.2) is 4.98 Å². The number of pyridine rings is 1. The largest absolute Gasteiger partial charge is 0.355 e. The van der Waals surface area contributed by atoms with Crippen LogP contribution in [0.3, 0.4) is 0 Å². The van der Waals surface area contributed by atoms with Crippen molar-refractivity contribution in [1.29, 1.82) is 0 Å². The second-order valence-corrected chi connectivity index (χ2v) is 4.77. The van der Waals surface area contributed by atoms with Gasteiger partial charge in [0.05, 0.1) is 0 Å². The summed E-state index contributed by atoms with van der Waals surface area (Å²) in [4.78, 5) is 6.56. The van der Waals surface area contributed by atoms with Crippen LogP contribution in [-0.2, 0) is 0 Å². The standard InChI is InChI=1S/C12H17N5/c1-9-5-11-14-8-15-17(11)12(6-9)16-4-2-3-10(13)7-16/h5-6,8,10H,2-4,7,13H2,1H3. The van der Waals surface area contributed by atoms with Gasteiger partial charge in [0, 0.05) is 19.1 Å². The van der Waals surface area contributed by atoms with Crippen LogP contribution in [0.5, 0.6) is 0 Å². The van der Waals surface area contributed by atoms with Gasteiger partial charge in [0.1, 0.15) is 12.1 Å². The van der Waals surface area contributed by atoms with Crippen LogP contribution in [0.15, 0.2) is 18.5 Å². The highest BCUT2D eigenvalue weighted by atomic mass is 15.4. The molecule has 3 heterocycles. The van der Waals surface area contributed by atoms with Crippen molar-refractivity contribution in [3.63, 3.8) is 0 Å². The summed E-state index contributed by atoms with van der Waals surface area (Å²) in [6.07, 6.45) is 3.86. The predicted molar refractivity (Wildman–Crippen MR) is 67.1 cm³/mol. The van der Waals surface area contributed by atoms with Gasteiger partial charge in [-0.15, -0.1) is 0 Å². The Kier molecular flexibility index (Phi) is 2.48. The Morgan fingerprint density at radius 1 is 1.41 bits per heavy atom. The lowest BCUT2D eigenvalue weighted by molar-refractivity contribution is 0.500. The van der Waals surface area contributed by atoms with E-state index in [1.54, 1.807) is 6.33 Å². The van der Waals surface area contributed by atoms with Crippen LogP contribution >= 0.6 is 0 Å². The smallest absolute Gasteiger partial charge is 0.157 e. The predicted octanol–water partition coefficient (Wildman–Crippen LogP) is 0.965. The molecule has 1 aliphatic rings. The summed E-state index contributed by atoms with van der Waals surface area (Å²) in [6, 6.07) is 4.46. The van der Waals surface area contributed by atoms with E-state index in [-0.39, 0.29) is 6.04 Å². The van der Waals surface area contributed by atoms with Crippen LogP contribution in [0.1, 0.15) is 18.4 Å². The Hall–Kier alpha value is -1.62. The zero-order valence-electron chi connectivity index (χ0n) is 10.0. The minimum Gasteiger partial charge on any atom is -0.355 e. The second-order valence-electron chi connectivity index (χ2n) is 4.77. The Bertz CT molecular complexity index is 533. The van der Waals surface area contributed by atoms with Gasteiger partial charge >= 0.3 is 0 Å². The van der Waals surface area contributed by atoms with Crippen LogP contribution in [0.4, 0.5) is 5.82 Å². The molecular weight excluding hydrogens is 214 g/mol. The third-order valence-electron chi connectivity index (χ3n) is 3.29. The van der Waals surface area contributed by atoms with Crippen molar-refractivity contribution in [3.05, 3.63) is 24.0 Å². The van der Waals surface area contributed by atoms with Gasteiger partial charge in [0.15, 0.2) is 5.65 Å². The van der Waals surface area contributed by atoms with Crippen molar-refractivity contribution in [2.45, 2.75) is 25.8 Å². The molecule has 3 rings (SSSR count). The molecule has 17 heavy (non-hydrogen) atoms. The lowest BCUT2D eigenvalue weighted by atomic mass is 10.1. The average Bonchev–Trinajstić information content (AvgIpc) is 2.75. The van der Waals surface area contributed by atoms with Gasteiger partial charge in [0.25, 0.3) is 0 Å². The van der Waals surface area contributed by atoms with Crippen molar-refractivity contribution in [3.8, 4) is 0 Å². The Labute approximate surface area is 100 Å². The summed E-state index contributed by atoms with van der Waals surface area (Å²) in [5.74, 6) is 1.10. The van der Waals surface area contributed by atoms with Crippen molar-refractivity contribution in [2.24, 2.45) is 5.73 Å². The molecule has 90 valence electrons. The molecule has 2 N–H and O–H groups in total. The molecule has 5 heteroatoms. The van der Waals surface area contributed by atoms with E-state index in [9.17, 15) is 0 Å². The summed E-state index contributed by atoms with van der Waals surface area (Å²) in [5, 5.41) is 4.28. The van der Waals surface area contributed by atoms with E-state index < -0.39 is 0 Å². The topological polar surface area (TPSA) is 59.5 Å². The third kappa shape index (κ3) is 1.86. The number of aryl methyl sites for hydroxylation is 1. The molecule has 2 aromatic heterocycles. The van der Waals surface area contributed by atoms with Crippen molar-refractivity contribution < 1.29 is 0 Å². The first-order valence-electron chi connectivity index (χ1n) is 6.05. The summed E-state index contributed by atoms with van der Waals surface area (Å²) >= 11 is 0. The number of nitrogens with zero attached hydrogens (tertiary/aromatic N) is 4. The van der Waals surface area contributed by atoms with Crippen LogP contribution in [0, 0.1) is 6.92 Å². The minimum atomic E-state index is 0.267. The SMILES string of the molecule is Cc1cc(N2CCCC(N)C2)n2ncnc2c1. The Morgan fingerprint density at radius 3 is 3.12 bits per heavy atom. The number of hydrogen-bond acceptors (Lipinski definition) is 4. The molecule has 0 amide bonds. The number of nitrogens with two attached hydrogens (primary N) is 1. The van der Waals surface area contributed by atoms with Gasteiger partial charge in [-0.05, 0) is 37.5 Å². The van der Waals surface area contributed by atoms with E-state index in [2.05, 4.69) is 28.0 Å². The van der Waals surface area contributed by atoms with Crippen molar-refractivity contribution in [1.82, 2.24) is 14.6 Å². The summed E-state index contributed by atoms with van der Waals surface area (Å²) in [7, 11) is 0. The number of hydrogen-bond donors (Lipinski definition) is 1. The van der Waals surface area contributed by atoms with Gasteiger partial charge in [-0.1, -0.05) is 0 Å². The molecule has 5 nitrogen and oxygen atoms in total. The molecule has 0 saturated carbocycles. The van der Waals surface area contributed by atoms with E-state index in [1.165, 1.54) is 5.56 Å². The first-order valence-corrected chi connectivity index (χ1v) is 6.05. The molecule has 1 saturated heterocycles. The van der Waals surface area contributed by atoms with Crippen LogP contribution in [0.25, 0.3) is 5.65 Å². The molecule has 1 atom stereocenters. The first-order chi connectivity index (χ1) is 8.24. The molecule has 0 aromatic carbocycles. The van der Waals surface area contributed by atoms with Gasteiger partial charge < -0.3 is 10.6 Å². The fourth-order valence-corrected chi connectivity index (χ4v) is 2.48. The molecule has 2 aromatic rings. The van der Waals surface area contributed by atoms with Crippen molar-refractivity contribution in [2.75, 3.05) is 18.0 Å². The van der Waals surface area contributed by atoms with Crippen molar-refractivity contribution >= 4 is 11.5 Å². The Balaban J connectivity index is 2.06. The molecular formula is C12H17N5. The monoisotopic (exact) mass is 231 g/mol. The van der Waals surface area contributed by atoms with E-state index >= 15 is 0 Å². The van der Waals surface area contributed by atoms with Crippen LogP contribution in [-0.4, -0.2) is 33.7 Å². The minimum absolute atomic E-state index is 0.267. The quantitative estimate of drug-likeness (QED) is 0.794. The number of anilines is 1. The lowest BCUT2D eigenvalue weighted by Gasteiger charge is -2.32. The third-order valence-corrected chi connectivity index (χ3v) is 3.29. The summed E-state index contributed by atoms with van der Waals surface area (Å²) in [5.41, 5.74) is 8.14. The van der Waals surface area contributed by atoms with E-state index in [4.69, 9.17) is 5.73 Å². The maximum Gasteiger partial charge on any atom is 0.157 e. The highest BCUT2D eigenvalue weighted by molar-refractivity contribution is 5.53. The van der Waals surface area contributed by atoms with E-state index in [1.807, 2.05) is 10.6 Å². The maximum atomic E-state index is 6.03. The molecule has 0 aliphatic carbocycles. The molecule has 0 radical (unpaired) electrons. The number of aromatic nitrogens is 3. The maximum absolute atomic E-state index is 6.03. The van der Waals surface area contributed by atoms with Gasteiger partial charge in [0.2, 0.25) is 0 Å². The first kappa shape index (κ1) is 10.5. The molecule has 0 bridgehead atoms. The fraction of sp³-hybridized carbons (Fsp3) is 0.500. The fourth-order valence-electron chi connectivity index (χ4n) is 2.48. The van der Waals surface area contributed by atoms with Gasteiger partial charge in [-0.3, -0.25) is 0 Å². The van der Waals surface area contributed by atoms with Crippen LogP contribution in [0.2, 0.25) is 0 Å². The number of rotatable bonds is 1. The van der Waals surface area contributed by atoms with E-state index in [0.717, 1.165) is 37.4 Å². The molecule has 1 unspecified atom stereocenters. The zero-order chi connectivity index (χ0) is 11.8. The number of fused-ring (bicyclic) bond motifs is 1. The summed E-state index contributed by atoms with van der Waals surface area (Å²) < 4.78 is 1.89. The molecule has 1 aliphatic heterocycles. The van der Waals surface area contributed by atoms with Crippen LogP contribution < -0.4 is 10.6 Å². The summed E-state index contributed by atoms with van der Waals surface area (Å²) in [6.45, 7) is 4.03. The van der Waals surface area contributed by atoms with E-state index in [0.29, 0.717) is 0 Å². The Morgan fingerprint density at radius 2 is 2.29 bits per heavy atom. The molecule has 0 spiro atoms.